The lowest BCUT2D eigenvalue weighted by atomic mass is 9.84. The van der Waals surface area contributed by atoms with Crippen LogP contribution >= 0.6 is 12.4 Å². The lowest BCUT2D eigenvalue weighted by molar-refractivity contribution is -0.124. The van der Waals surface area contributed by atoms with Crippen molar-refractivity contribution >= 4 is 24.0 Å². The Morgan fingerprint density at radius 3 is 2.70 bits per heavy atom. The number of nitrogens with two attached hydrogens (primary N) is 1. The zero-order valence-corrected chi connectivity index (χ0v) is 12.3. The first-order valence-electron chi connectivity index (χ1n) is 7.40. The van der Waals surface area contributed by atoms with Crippen molar-refractivity contribution in [3.8, 4) is 0 Å². The van der Waals surface area contributed by atoms with Crippen LogP contribution in [0, 0.1) is 17.8 Å². The molecule has 2 aliphatic carbocycles. The summed E-state index contributed by atoms with van der Waals surface area (Å²) in [6.45, 7) is 0.832. The van der Waals surface area contributed by atoms with Gasteiger partial charge < -0.3 is 10.6 Å². The van der Waals surface area contributed by atoms with Crippen LogP contribution in [-0.4, -0.2) is 18.5 Å². The normalized spacial score (nSPS) is 34.0. The first-order chi connectivity index (χ1) is 9.25. The molecule has 4 heteroatoms. The van der Waals surface area contributed by atoms with Gasteiger partial charge in [-0.1, -0.05) is 18.2 Å². The highest BCUT2D eigenvalue weighted by molar-refractivity contribution is 5.97. The summed E-state index contributed by atoms with van der Waals surface area (Å²) in [5, 5.41) is 0. The maximum Gasteiger partial charge on any atom is 0.231 e. The fourth-order valence-corrected chi connectivity index (χ4v) is 4.45. The molecule has 1 amide bonds. The summed E-state index contributed by atoms with van der Waals surface area (Å²) in [6, 6.07) is 8.36. The lowest BCUT2D eigenvalue weighted by Gasteiger charge is -2.31. The second-order valence-electron chi connectivity index (χ2n) is 6.30. The molecular weight excluding hydrogens is 272 g/mol. The fraction of sp³-hybridized carbons (Fsp3) is 0.562. The van der Waals surface area contributed by atoms with E-state index in [1.807, 2.05) is 11.0 Å². The zero-order valence-electron chi connectivity index (χ0n) is 11.5. The quantitative estimate of drug-likeness (QED) is 0.864. The molecule has 108 valence electrons. The van der Waals surface area contributed by atoms with E-state index in [1.165, 1.54) is 24.8 Å². The predicted molar refractivity (Wildman–Crippen MR) is 82.0 cm³/mol. The smallest absolute Gasteiger partial charge is 0.231 e. The minimum absolute atomic E-state index is 0. The summed E-state index contributed by atoms with van der Waals surface area (Å²) in [7, 11) is 0. The van der Waals surface area contributed by atoms with E-state index in [1.54, 1.807) is 0 Å². The summed E-state index contributed by atoms with van der Waals surface area (Å²) in [6.07, 6.45) is 4.58. The molecule has 1 aromatic carbocycles. The van der Waals surface area contributed by atoms with Crippen LogP contribution in [0.25, 0.3) is 0 Å². The van der Waals surface area contributed by atoms with Crippen molar-refractivity contribution in [1.82, 2.24) is 0 Å². The van der Waals surface area contributed by atoms with Crippen molar-refractivity contribution in [2.45, 2.75) is 31.7 Å². The van der Waals surface area contributed by atoms with Gasteiger partial charge in [0, 0.05) is 18.3 Å². The maximum atomic E-state index is 12.9. The van der Waals surface area contributed by atoms with Gasteiger partial charge in [-0.15, -0.1) is 12.4 Å². The number of hydrogen-bond donors (Lipinski definition) is 1. The fourth-order valence-electron chi connectivity index (χ4n) is 4.45. The Morgan fingerprint density at radius 2 is 1.95 bits per heavy atom. The number of halogens is 1. The molecule has 4 atom stereocenters. The molecule has 0 spiro atoms. The van der Waals surface area contributed by atoms with Gasteiger partial charge in [-0.2, -0.15) is 0 Å². The van der Waals surface area contributed by atoms with Crippen molar-refractivity contribution in [2.75, 3.05) is 11.4 Å². The van der Waals surface area contributed by atoms with E-state index in [9.17, 15) is 4.79 Å². The molecule has 2 bridgehead atoms. The Hall–Kier alpha value is -1.06. The van der Waals surface area contributed by atoms with Gasteiger partial charge in [-0.3, -0.25) is 4.79 Å². The SMILES string of the molecule is Cl.NC1C2CCC(C2)C1C(=O)N1CCc2ccccc21. The monoisotopic (exact) mass is 292 g/mol. The van der Waals surface area contributed by atoms with E-state index in [0.717, 1.165) is 18.7 Å². The van der Waals surface area contributed by atoms with Gasteiger partial charge in [0.15, 0.2) is 0 Å². The van der Waals surface area contributed by atoms with Crippen molar-refractivity contribution in [2.24, 2.45) is 23.5 Å². The van der Waals surface area contributed by atoms with E-state index in [4.69, 9.17) is 5.73 Å². The standard InChI is InChI=1S/C16H20N2O.ClH/c17-15-12-6-5-11(9-12)14(15)16(19)18-8-7-10-3-1-2-4-13(10)18;/h1-4,11-12,14-15H,5-9,17H2;1H. The zero-order chi connectivity index (χ0) is 13.0. The van der Waals surface area contributed by atoms with Crippen LogP contribution < -0.4 is 10.6 Å². The molecule has 4 unspecified atom stereocenters. The molecule has 2 N–H and O–H groups in total. The van der Waals surface area contributed by atoms with Crippen molar-refractivity contribution in [3.05, 3.63) is 29.8 Å². The molecular formula is C16H21ClN2O. The number of rotatable bonds is 1. The first-order valence-corrected chi connectivity index (χ1v) is 7.40. The number of benzene rings is 1. The molecule has 2 saturated carbocycles. The Morgan fingerprint density at radius 1 is 1.20 bits per heavy atom. The molecule has 3 nitrogen and oxygen atoms in total. The third-order valence-electron chi connectivity index (χ3n) is 5.42. The molecule has 0 radical (unpaired) electrons. The van der Waals surface area contributed by atoms with Crippen LogP contribution in [0.15, 0.2) is 24.3 Å². The highest BCUT2D eigenvalue weighted by atomic mass is 35.5. The second kappa shape index (κ2) is 5.05. The van der Waals surface area contributed by atoms with Crippen LogP contribution in [0.4, 0.5) is 5.69 Å². The summed E-state index contributed by atoms with van der Waals surface area (Å²) in [5.41, 5.74) is 8.72. The number of carbonyl (C=O) groups excluding carboxylic acids is 1. The summed E-state index contributed by atoms with van der Waals surface area (Å²) in [5.74, 6) is 1.49. The average Bonchev–Trinajstić information content (AvgIpc) is 3.11. The molecule has 1 heterocycles. The maximum absolute atomic E-state index is 12.9. The average molecular weight is 293 g/mol. The highest BCUT2D eigenvalue weighted by Crippen LogP contribution is 2.48. The third kappa shape index (κ3) is 1.87. The number of nitrogens with zero attached hydrogens (tertiary/aromatic N) is 1. The molecule has 20 heavy (non-hydrogen) atoms. The Kier molecular flexibility index (Phi) is 3.51. The van der Waals surface area contributed by atoms with Gasteiger partial charge in [-0.05, 0) is 49.1 Å². The number of hydrogen-bond acceptors (Lipinski definition) is 2. The van der Waals surface area contributed by atoms with Crippen LogP contribution in [-0.2, 0) is 11.2 Å². The number of fused-ring (bicyclic) bond motifs is 3. The molecule has 1 aromatic rings. The topological polar surface area (TPSA) is 46.3 Å². The van der Waals surface area contributed by atoms with Crippen LogP contribution in [0.2, 0.25) is 0 Å². The molecule has 2 fully saturated rings. The van der Waals surface area contributed by atoms with E-state index < -0.39 is 0 Å². The molecule has 1 aliphatic heterocycles. The largest absolute Gasteiger partial charge is 0.327 e. The summed E-state index contributed by atoms with van der Waals surface area (Å²) in [4.78, 5) is 14.8. The van der Waals surface area contributed by atoms with Gasteiger partial charge in [0.25, 0.3) is 0 Å². The first kappa shape index (κ1) is 13.9. The second-order valence-corrected chi connectivity index (χ2v) is 6.30. The Balaban J connectivity index is 0.00000121. The van der Waals surface area contributed by atoms with Crippen molar-refractivity contribution < 1.29 is 4.79 Å². The third-order valence-corrected chi connectivity index (χ3v) is 5.42. The Bertz CT molecular complexity index is 531. The van der Waals surface area contributed by atoms with E-state index in [-0.39, 0.29) is 30.3 Å². The van der Waals surface area contributed by atoms with Crippen molar-refractivity contribution in [1.29, 1.82) is 0 Å². The van der Waals surface area contributed by atoms with Gasteiger partial charge in [-0.25, -0.2) is 0 Å². The van der Waals surface area contributed by atoms with E-state index in [2.05, 4.69) is 18.2 Å². The summed E-state index contributed by atoms with van der Waals surface area (Å²) >= 11 is 0. The lowest BCUT2D eigenvalue weighted by Crippen LogP contribution is -2.46. The van der Waals surface area contributed by atoms with Crippen LogP contribution in [0.3, 0.4) is 0 Å². The number of amides is 1. The van der Waals surface area contributed by atoms with Gasteiger partial charge in [0.1, 0.15) is 0 Å². The van der Waals surface area contributed by atoms with Gasteiger partial charge in [0.05, 0.1) is 5.92 Å². The minimum Gasteiger partial charge on any atom is -0.327 e. The van der Waals surface area contributed by atoms with Gasteiger partial charge >= 0.3 is 0 Å². The highest BCUT2D eigenvalue weighted by Gasteiger charge is 2.50. The Labute approximate surface area is 125 Å². The molecule has 0 saturated heterocycles. The molecule has 0 aromatic heterocycles. The number of anilines is 1. The van der Waals surface area contributed by atoms with E-state index >= 15 is 0 Å². The van der Waals surface area contributed by atoms with Crippen molar-refractivity contribution in [3.63, 3.8) is 0 Å². The number of carbonyl (C=O) groups is 1. The molecule has 4 rings (SSSR count). The van der Waals surface area contributed by atoms with Crippen LogP contribution in [0.5, 0.6) is 0 Å². The van der Waals surface area contributed by atoms with Crippen LogP contribution in [0.1, 0.15) is 24.8 Å². The van der Waals surface area contributed by atoms with E-state index in [0.29, 0.717) is 11.8 Å². The number of para-hydroxylation sites is 1. The van der Waals surface area contributed by atoms with Gasteiger partial charge in [0.2, 0.25) is 5.91 Å². The molecule has 3 aliphatic rings. The predicted octanol–water partition coefficient (Wildman–Crippen LogP) is 2.37. The minimum atomic E-state index is 0. The summed E-state index contributed by atoms with van der Waals surface area (Å²) < 4.78 is 0.